The average Bonchev–Trinajstić information content (AvgIpc) is 2.15. The predicted octanol–water partition coefficient (Wildman–Crippen LogP) is 4.58. The highest BCUT2D eigenvalue weighted by atomic mass is 35.5. The quantitative estimate of drug-likeness (QED) is 0.535. The van der Waals surface area contributed by atoms with Crippen molar-refractivity contribution in [2.75, 3.05) is 0 Å². The molecular weight excluding hydrogens is 244 g/mol. The fraction of sp³-hybridized carbons (Fsp3) is 0.455. The van der Waals surface area contributed by atoms with E-state index in [0.29, 0.717) is 5.56 Å². The van der Waals surface area contributed by atoms with Crippen LogP contribution in [-0.4, -0.2) is 5.38 Å². The van der Waals surface area contributed by atoms with Gasteiger partial charge in [-0.3, -0.25) is 0 Å². The van der Waals surface area contributed by atoms with E-state index in [1.807, 2.05) is 0 Å². The molecule has 0 nitrogen and oxygen atoms in total. The maximum absolute atomic E-state index is 13.0. The van der Waals surface area contributed by atoms with E-state index in [1.54, 1.807) is 13.8 Å². The summed E-state index contributed by atoms with van der Waals surface area (Å²) in [5, 5.41) is -0.313. The topological polar surface area (TPSA) is 0 Å². The highest BCUT2D eigenvalue weighted by Crippen LogP contribution is 2.34. The first-order valence-electron chi connectivity index (χ1n) is 4.74. The number of halogens is 5. The van der Waals surface area contributed by atoms with Crippen LogP contribution in [0, 0.1) is 5.82 Å². The van der Waals surface area contributed by atoms with E-state index in [9.17, 15) is 17.6 Å². The van der Waals surface area contributed by atoms with Crippen LogP contribution in [0.25, 0.3) is 0 Å². The lowest BCUT2D eigenvalue weighted by molar-refractivity contribution is -0.140. The van der Waals surface area contributed by atoms with Gasteiger partial charge in [0.25, 0.3) is 0 Å². The van der Waals surface area contributed by atoms with Crippen molar-refractivity contribution >= 4 is 11.6 Å². The van der Waals surface area contributed by atoms with E-state index in [-0.39, 0.29) is 11.3 Å². The van der Waals surface area contributed by atoms with Gasteiger partial charge in [-0.25, -0.2) is 4.39 Å². The molecule has 1 aromatic rings. The van der Waals surface area contributed by atoms with Crippen molar-refractivity contribution in [1.82, 2.24) is 0 Å². The van der Waals surface area contributed by atoms with Crippen LogP contribution in [0.1, 0.15) is 30.9 Å². The molecule has 2 unspecified atom stereocenters. The van der Waals surface area contributed by atoms with Crippen LogP contribution in [0.4, 0.5) is 17.6 Å². The molecule has 0 spiro atoms. The van der Waals surface area contributed by atoms with E-state index in [1.165, 1.54) is 6.07 Å². The van der Waals surface area contributed by atoms with Gasteiger partial charge in [-0.1, -0.05) is 13.0 Å². The SMILES string of the molecule is CC(Cl)C(C)c1ccc(F)c(C(F)(F)F)c1. The first kappa shape index (κ1) is 13.3. The molecule has 5 heteroatoms. The molecule has 0 aromatic heterocycles. The molecule has 1 rings (SSSR count). The fourth-order valence-electron chi connectivity index (χ4n) is 1.31. The molecule has 0 fully saturated rings. The van der Waals surface area contributed by atoms with Crippen LogP contribution < -0.4 is 0 Å². The molecule has 0 bridgehead atoms. The van der Waals surface area contributed by atoms with Gasteiger partial charge in [0.15, 0.2) is 0 Å². The zero-order valence-corrected chi connectivity index (χ0v) is 9.53. The molecule has 0 aliphatic rings. The molecule has 0 N–H and O–H groups in total. The van der Waals surface area contributed by atoms with Gasteiger partial charge in [0.2, 0.25) is 0 Å². The maximum Gasteiger partial charge on any atom is 0.419 e. The second-order valence-electron chi connectivity index (χ2n) is 3.70. The molecule has 0 saturated carbocycles. The summed E-state index contributed by atoms with van der Waals surface area (Å²) >= 11 is 5.79. The van der Waals surface area contributed by atoms with Gasteiger partial charge in [0.05, 0.1) is 5.56 Å². The minimum atomic E-state index is -4.67. The van der Waals surface area contributed by atoms with E-state index in [4.69, 9.17) is 11.6 Å². The Morgan fingerprint density at radius 3 is 2.19 bits per heavy atom. The molecule has 90 valence electrons. The Balaban J connectivity index is 3.18. The molecule has 0 saturated heterocycles. The predicted molar refractivity (Wildman–Crippen MR) is 55.1 cm³/mol. The van der Waals surface area contributed by atoms with Crippen LogP contribution in [0.3, 0.4) is 0 Å². The fourth-order valence-corrected chi connectivity index (χ4v) is 1.45. The lowest BCUT2D eigenvalue weighted by Gasteiger charge is -2.16. The lowest BCUT2D eigenvalue weighted by Crippen LogP contribution is -2.11. The standard InChI is InChI=1S/C11H11ClF4/c1-6(7(2)12)8-3-4-10(13)9(5-8)11(14,15)16/h3-7H,1-2H3. The van der Waals surface area contributed by atoms with Crippen molar-refractivity contribution in [3.8, 4) is 0 Å². The Bertz CT molecular complexity index is 371. The van der Waals surface area contributed by atoms with E-state index < -0.39 is 17.6 Å². The second-order valence-corrected chi connectivity index (χ2v) is 4.39. The first-order valence-corrected chi connectivity index (χ1v) is 5.18. The number of hydrogen-bond acceptors (Lipinski definition) is 0. The van der Waals surface area contributed by atoms with Crippen molar-refractivity contribution < 1.29 is 17.6 Å². The normalized spacial score (nSPS) is 15.9. The molecule has 0 amide bonds. The third-order valence-corrected chi connectivity index (χ3v) is 2.89. The van der Waals surface area contributed by atoms with Gasteiger partial charge in [-0.05, 0) is 30.5 Å². The van der Waals surface area contributed by atoms with Gasteiger partial charge in [-0.15, -0.1) is 11.6 Å². The number of rotatable bonds is 2. The van der Waals surface area contributed by atoms with Gasteiger partial charge in [0, 0.05) is 5.38 Å². The number of alkyl halides is 4. The number of benzene rings is 1. The summed E-state index contributed by atoms with van der Waals surface area (Å²) in [6, 6.07) is 2.97. The Kier molecular flexibility index (Phi) is 3.84. The van der Waals surface area contributed by atoms with E-state index in [0.717, 1.165) is 12.1 Å². The second kappa shape index (κ2) is 4.62. The Hall–Kier alpha value is -0.770. The zero-order chi connectivity index (χ0) is 12.5. The van der Waals surface area contributed by atoms with Crippen LogP contribution in [0.5, 0.6) is 0 Å². The molecule has 0 aliphatic heterocycles. The average molecular weight is 255 g/mol. The molecule has 2 atom stereocenters. The lowest BCUT2D eigenvalue weighted by atomic mass is 9.96. The van der Waals surface area contributed by atoms with Crippen molar-refractivity contribution in [3.63, 3.8) is 0 Å². The van der Waals surface area contributed by atoms with Crippen molar-refractivity contribution in [2.45, 2.75) is 31.3 Å². The van der Waals surface area contributed by atoms with Crippen LogP contribution in [-0.2, 0) is 6.18 Å². The van der Waals surface area contributed by atoms with Crippen LogP contribution >= 0.6 is 11.6 Å². The monoisotopic (exact) mass is 254 g/mol. The molecule has 0 heterocycles. The summed E-state index contributed by atoms with van der Waals surface area (Å²) in [6.07, 6.45) is -4.67. The summed E-state index contributed by atoms with van der Waals surface area (Å²) in [6.45, 7) is 3.38. The minimum absolute atomic E-state index is 0.261. The minimum Gasteiger partial charge on any atom is -0.206 e. The Morgan fingerprint density at radius 1 is 1.19 bits per heavy atom. The molecular formula is C11H11ClF4. The molecule has 1 aromatic carbocycles. The smallest absolute Gasteiger partial charge is 0.206 e. The van der Waals surface area contributed by atoms with Crippen molar-refractivity contribution in [2.24, 2.45) is 0 Å². The third kappa shape index (κ3) is 2.88. The molecule has 0 radical (unpaired) electrons. The third-order valence-electron chi connectivity index (χ3n) is 2.51. The van der Waals surface area contributed by atoms with Crippen molar-refractivity contribution in [1.29, 1.82) is 0 Å². The van der Waals surface area contributed by atoms with Crippen LogP contribution in [0.2, 0.25) is 0 Å². The summed E-state index contributed by atoms with van der Waals surface area (Å²) < 4.78 is 50.2. The zero-order valence-electron chi connectivity index (χ0n) is 8.78. The van der Waals surface area contributed by atoms with Gasteiger partial charge in [-0.2, -0.15) is 13.2 Å². The van der Waals surface area contributed by atoms with Crippen LogP contribution in [0.15, 0.2) is 18.2 Å². The summed E-state index contributed by atoms with van der Waals surface area (Å²) in [4.78, 5) is 0. The van der Waals surface area contributed by atoms with E-state index >= 15 is 0 Å². The Morgan fingerprint density at radius 2 is 1.75 bits per heavy atom. The van der Waals surface area contributed by atoms with Gasteiger partial charge < -0.3 is 0 Å². The Labute approximate surface area is 96.2 Å². The molecule has 0 aliphatic carbocycles. The van der Waals surface area contributed by atoms with E-state index in [2.05, 4.69) is 0 Å². The van der Waals surface area contributed by atoms with Crippen molar-refractivity contribution in [3.05, 3.63) is 35.1 Å². The summed E-state index contributed by atoms with van der Waals surface area (Å²) in [7, 11) is 0. The number of hydrogen-bond donors (Lipinski definition) is 0. The highest BCUT2D eigenvalue weighted by molar-refractivity contribution is 6.20. The van der Waals surface area contributed by atoms with Gasteiger partial charge in [0.1, 0.15) is 5.82 Å². The maximum atomic E-state index is 13.0. The highest BCUT2D eigenvalue weighted by Gasteiger charge is 2.34. The largest absolute Gasteiger partial charge is 0.419 e. The summed E-state index contributed by atoms with van der Waals surface area (Å²) in [5.74, 6) is -1.52. The summed E-state index contributed by atoms with van der Waals surface area (Å²) in [5.41, 5.74) is -0.856. The first-order chi connectivity index (χ1) is 7.23. The van der Waals surface area contributed by atoms with Gasteiger partial charge >= 0.3 is 6.18 Å². The molecule has 16 heavy (non-hydrogen) atoms.